The molecule has 1 heterocycles. The van der Waals surface area contributed by atoms with E-state index in [1.54, 1.807) is 12.4 Å². The van der Waals surface area contributed by atoms with Crippen LogP contribution in [0.3, 0.4) is 0 Å². The van der Waals surface area contributed by atoms with Crippen LogP contribution in [0.15, 0.2) is 36.7 Å². The Bertz CT molecular complexity index is 511. The molecule has 1 aromatic carbocycles. The van der Waals surface area contributed by atoms with Crippen LogP contribution in [0.4, 0.5) is 0 Å². The maximum absolute atomic E-state index is 5.77. The number of aromatic nitrogens is 2. The van der Waals surface area contributed by atoms with Crippen molar-refractivity contribution in [2.75, 3.05) is 6.61 Å². The molecule has 0 unspecified atom stereocenters. The fourth-order valence-electron chi connectivity index (χ4n) is 1.88. The molecule has 0 aliphatic heterocycles. The van der Waals surface area contributed by atoms with Crippen molar-refractivity contribution >= 4 is 11.6 Å². The smallest absolute Gasteiger partial charge is 0.159 e. The lowest BCUT2D eigenvalue weighted by atomic mass is 10.2. The first-order chi connectivity index (χ1) is 9.79. The number of rotatable bonds is 7. The lowest BCUT2D eigenvalue weighted by Crippen LogP contribution is -1.97. The summed E-state index contributed by atoms with van der Waals surface area (Å²) < 4.78 is 5.70. The first kappa shape index (κ1) is 14.8. The third-order valence-electron chi connectivity index (χ3n) is 3.00. The third-order valence-corrected chi connectivity index (χ3v) is 3.19. The average Bonchev–Trinajstić information content (AvgIpc) is 2.49. The number of hydrogen-bond acceptors (Lipinski definition) is 3. The Hall–Kier alpha value is -1.61. The van der Waals surface area contributed by atoms with Crippen molar-refractivity contribution in [3.05, 3.63) is 41.7 Å². The highest BCUT2D eigenvalue weighted by molar-refractivity contribution is 6.30. The summed E-state index contributed by atoms with van der Waals surface area (Å²) in [5, 5.41) is 0.542. The van der Waals surface area contributed by atoms with E-state index >= 15 is 0 Å². The number of hydrogen-bond donors (Lipinski definition) is 0. The molecule has 0 bridgehead atoms. The summed E-state index contributed by atoms with van der Waals surface area (Å²) in [6.45, 7) is 2.98. The van der Waals surface area contributed by atoms with Gasteiger partial charge in [-0.05, 0) is 30.7 Å². The van der Waals surface area contributed by atoms with Gasteiger partial charge in [-0.15, -0.1) is 0 Å². The lowest BCUT2D eigenvalue weighted by Gasteiger charge is -2.06. The van der Waals surface area contributed by atoms with Crippen LogP contribution < -0.4 is 4.74 Å². The van der Waals surface area contributed by atoms with Gasteiger partial charge in [-0.25, -0.2) is 9.97 Å². The van der Waals surface area contributed by atoms with Crippen molar-refractivity contribution in [1.82, 2.24) is 9.97 Å². The van der Waals surface area contributed by atoms with E-state index in [4.69, 9.17) is 16.3 Å². The maximum Gasteiger partial charge on any atom is 0.159 e. The molecule has 0 atom stereocenters. The summed E-state index contributed by atoms with van der Waals surface area (Å²) in [6.07, 6.45) is 8.05. The van der Waals surface area contributed by atoms with E-state index in [1.807, 2.05) is 24.3 Å². The van der Waals surface area contributed by atoms with Gasteiger partial charge in [0, 0.05) is 18.0 Å². The second-order valence-corrected chi connectivity index (χ2v) is 5.09. The molecule has 20 heavy (non-hydrogen) atoms. The van der Waals surface area contributed by atoms with E-state index in [2.05, 4.69) is 16.9 Å². The van der Waals surface area contributed by atoms with E-state index in [0.29, 0.717) is 10.8 Å². The van der Waals surface area contributed by atoms with Crippen LogP contribution >= 0.6 is 11.6 Å². The van der Waals surface area contributed by atoms with Crippen LogP contribution in [0, 0.1) is 0 Å². The number of benzene rings is 1. The molecule has 2 aromatic rings. The third kappa shape index (κ3) is 4.49. The van der Waals surface area contributed by atoms with Crippen LogP contribution in [0.25, 0.3) is 11.4 Å². The number of unbranched alkanes of at least 4 members (excludes halogenated alkanes) is 3. The van der Waals surface area contributed by atoms with Gasteiger partial charge in [-0.2, -0.15) is 0 Å². The van der Waals surface area contributed by atoms with E-state index in [1.165, 1.54) is 19.3 Å². The Labute approximate surface area is 125 Å². The van der Waals surface area contributed by atoms with Gasteiger partial charge < -0.3 is 4.74 Å². The average molecular weight is 291 g/mol. The highest BCUT2D eigenvalue weighted by atomic mass is 35.5. The Morgan fingerprint density at radius 3 is 2.35 bits per heavy atom. The fourth-order valence-corrected chi connectivity index (χ4v) is 1.98. The summed E-state index contributed by atoms with van der Waals surface area (Å²) in [7, 11) is 0. The van der Waals surface area contributed by atoms with Gasteiger partial charge in [0.05, 0.1) is 11.6 Å². The Balaban J connectivity index is 1.88. The summed E-state index contributed by atoms with van der Waals surface area (Å²) in [5.74, 6) is 1.56. The standard InChI is InChI=1S/C16H19ClN2O/c1-2-3-4-5-10-20-15-8-6-13(7-9-15)16-18-11-14(17)12-19-16/h6-9,11-12H,2-5,10H2,1H3. The lowest BCUT2D eigenvalue weighted by molar-refractivity contribution is 0.305. The molecule has 0 fully saturated rings. The van der Waals surface area contributed by atoms with Crippen LogP contribution in [-0.2, 0) is 0 Å². The van der Waals surface area contributed by atoms with Crippen molar-refractivity contribution in [2.45, 2.75) is 32.6 Å². The van der Waals surface area contributed by atoms with Crippen molar-refractivity contribution in [1.29, 1.82) is 0 Å². The van der Waals surface area contributed by atoms with Crippen molar-refractivity contribution in [3.63, 3.8) is 0 Å². The minimum Gasteiger partial charge on any atom is -0.494 e. The van der Waals surface area contributed by atoms with Gasteiger partial charge in [0.2, 0.25) is 0 Å². The number of halogens is 1. The molecule has 0 aliphatic carbocycles. The molecule has 0 N–H and O–H groups in total. The summed E-state index contributed by atoms with van der Waals surface area (Å²) in [6, 6.07) is 7.83. The molecule has 0 amide bonds. The Morgan fingerprint density at radius 2 is 1.70 bits per heavy atom. The molecule has 0 aliphatic rings. The molecule has 0 saturated heterocycles. The van der Waals surface area contributed by atoms with E-state index in [-0.39, 0.29) is 0 Å². The molecule has 106 valence electrons. The van der Waals surface area contributed by atoms with Crippen LogP contribution in [-0.4, -0.2) is 16.6 Å². The zero-order valence-corrected chi connectivity index (χ0v) is 12.4. The summed E-state index contributed by atoms with van der Waals surface area (Å²) in [4.78, 5) is 8.38. The predicted molar refractivity (Wildman–Crippen MR) is 82.1 cm³/mol. The fraction of sp³-hybridized carbons (Fsp3) is 0.375. The van der Waals surface area contributed by atoms with E-state index in [0.717, 1.165) is 24.3 Å². The summed E-state index contributed by atoms with van der Waals surface area (Å²) >= 11 is 5.77. The number of ether oxygens (including phenoxy) is 1. The normalized spacial score (nSPS) is 10.5. The largest absolute Gasteiger partial charge is 0.494 e. The van der Waals surface area contributed by atoms with Gasteiger partial charge >= 0.3 is 0 Å². The number of nitrogens with zero attached hydrogens (tertiary/aromatic N) is 2. The Kier molecular flexibility index (Phi) is 5.81. The van der Waals surface area contributed by atoms with E-state index in [9.17, 15) is 0 Å². The highest BCUT2D eigenvalue weighted by Crippen LogP contribution is 2.20. The van der Waals surface area contributed by atoms with Crippen LogP contribution in [0.5, 0.6) is 5.75 Å². The molecule has 0 spiro atoms. The van der Waals surface area contributed by atoms with Crippen LogP contribution in [0.1, 0.15) is 32.6 Å². The van der Waals surface area contributed by atoms with Gasteiger partial charge in [0.15, 0.2) is 5.82 Å². The molecule has 0 saturated carbocycles. The minimum atomic E-state index is 0.542. The van der Waals surface area contributed by atoms with E-state index < -0.39 is 0 Å². The van der Waals surface area contributed by atoms with Crippen molar-refractivity contribution < 1.29 is 4.74 Å². The molecule has 0 radical (unpaired) electrons. The molecule has 3 nitrogen and oxygen atoms in total. The maximum atomic E-state index is 5.77. The molecular weight excluding hydrogens is 272 g/mol. The van der Waals surface area contributed by atoms with Crippen molar-refractivity contribution in [2.24, 2.45) is 0 Å². The minimum absolute atomic E-state index is 0.542. The molecule has 4 heteroatoms. The SMILES string of the molecule is CCCCCCOc1ccc(-c2ncc(Cl)cn2)cc1. The summed E-state index contributed by atoms with van der Waals surface area (Å²) in [5.41, 5.74) is 0.958. The molecule has 1 aromatic heterocycles. The van der Waals surface area contributed by atoms with Gasteiger partial charge in [0.1, 0.15) is 5.75 Å². The van der Waals surface area contributed by atoms with Gasteiger partial charge in [-0.3, -0.25) is 0 Å². The van der Waals surface area contributed by atoms with Crippen molar-refractivity contribution in [3.8, 4) is 17.1 Å². The molecular formula is C16H19ClN2O. The first-order valence-corrected chi connectivity index (χ1v) is 7.38. The van der Waals surface area contributed by atoms with Gasteiger partial charge in [0.25, 0.3) is 0 Å². The highest BCUT2D eigenvalue weighted by Gasteiger charge is 2.01. The quantitative estimate of drug-likeness (QED) is 0.690. The monoisotopic (exact) mass is 290 g/mol. The Morgan fingerprint density at radius 1 is 1.00 bits per heavy atom. The van der Waals surface area contributed by atoms with Crippen LogP contribution in [0.2, 0.25) is 5.02 Å². The van der Waals surface area contributed by atoms with Gasteiger partial charge in [-0.1, -0.05) is 37.8 Å². The zero-order chi connectivity index (χ0) is 14.2. The second kappa shape index (κ2) is 7.85. The second-order valence-electron chi connectivity index (χ2n) is 4.66. The predicted octanol–water partition coefficient (Wildman–Crippen LogP) is 4.76. The molecule has 2 rings (SSSR count). The first-order valence-electron chi connectivity index (χ1n) is 7.00. The zero-order valence-electron chi connectivity index (χ0n) is 11.7. The topological polar surface area (TPSA) is 35.0 Å².